The zero-order valence-electron chi connectivity index (χ0n) is 14.5. The summed E-state index contributed by atoms with van der Waals surface area (Å²) in [4.78, 5) is 26.7. The molecule has 6 heteroatoms. The number of carbonyl (C=O) groups is 2. The van der Waals surface area contributed by atoms with Gasteiger partial charge in [0.25, 0.3) is 0 Å². The monoisotopic (exact) mass is 343 g/mol. The number of rotatable bonds is 3. The molecule has 0 aromatic heterocycles. The van der Waals surface area contributed by atoms with E-state index in [-0.39, 0.29) is 12.6 Å². The highest BCUT2D eigenvalue weighted by Gasteiger charge is 2.34. The van der Waals surface area contributed by atoms with Crippen molar-refractivity contribution in [3.63, 3.8) is 0 Å². The van der Waals surface area contributed by atoms with Crippen LogP contribution in [0.3, 0.4) is 0 Å². The molecule has 0 amide bonds. The van der Waals surface area contributed by atoms with E-state index in [1.54, 1.807) is 6.92 Å². The van der Waals surface area contributed by atoms with Gasteiger partial charge in [0.15, 0.2) is 17.6 Å². The van der Waals surface area contributed by atoms with Crippen molar-refractivity contribution in [3.05, 3.63) is 29.0 Å². The van der Waals surface area contributed by atoms with Crippen LogP contribution in [0.4, 0.5) is 0 Å². The van der Waals surface area contributed by atoms with Gasteiger partial charge >= 0.3 is 5.97 Å². The van der Waals surface area contributed by atoms with Crippen molar-refractivity contribution in [2.24, 2.45) is 0 Å². The van der Waals surface area contributed by atoms with Gasteiger partial charge in [-0.1, -0.05) is 0 Å². The normalized spacial score (nSPS) is 19.2. The number of ether oxygens (including phenoxy) is 3. The molecule has 4 rings (SSSR count). The Hall–Kier alpha value is -2.50. The van der Waals surface area contributed by atoms with E-state index in [1.165, 1.54) is 6.92 Å². The number of carbonyl (C=O) groups excluding carboxylic acids is 2. The minimum absolute atomic E-state index is 0.154. The van der Waals surface area contributed by atoms with Crippen molar-refractivity contribution in [2.45, 2.75) is 39.2 Å². The van der Waals surface area contributed by atoms with Crippen molar-refractivity contribution < 1.29 is 23.8 Å². The highest BCUT2D eigenvalue weighted by molar-refractivity contribution is 6.24. The molecule has 1 unspecified atom stereocenters. The second kappa shape index (κ2) is 6.10. The first-order chi connectivity index (χ1) is 12.0. The number of allylic oxidation sites excluding steroid dienone is 1. The van der Waals surface area contributed by atoms with E-state index >= 15 is 0 Å². The van der Waals surface area contributed by atoms with Crippen molar-refractivity contribution >= 4 is 17.3 Å². The molecule has 0 N–H and O–H groups in total. The summed E-state index contributed by atoms with van der Waals surface area (Å²) in [7, 11) is 0. The number of Topliss-reactive ketones (excluding diaryl/α,β-unsaturated/α-hetero) is 1. The Bertz CT molecular complexity index is 782. The average molecular weight is 343 g/mol. The average Bonchev–Trinajstić information content (AvgIpc) is 3.18. The first-order valence-corrected chi connectivity index (χ1v) is 8.67. The van der Waals surface area contributed by atoms with E-state index in [1.807, 2.05) is 12.1 Å². The Morgan fingerprint density at radius 3 is 2.68 bits per heavy atom. The molecule has 25 heavy (non-hydrogen) atoms. The molecule has 3 heterocycles. The van der Waals surface area contributed by atoms with Crippen LogP contribution in [0.25, 0.3) is 5.57 Å². The highest BCUT2D eigenvalue weighted by atomic mass is 16.7. The van der Waals surface area contributed by atoms with Crippen LogP contribution in [0.1, 0.15) is 37.8 Å². The number of ketones is 1. The van der Waals surface area contributed by atoms with Crippen molar-refractivity contribution in [3.8, 4) is 11.5 Å². The fourth-order valence-corrected chi connectivity index (χ4v) is 3.88. The van der Waals surface area contributed by atoms with E-state index in [0.717, 1.165) is 54.9 Å². The smallest absolute Gasteiger partial charge is 0.303 e. The van der Waals surface area contributed by atoms with Gasteiger partial charge in [0.1, 0.15) is 0 Å². The molecule has 1 saturated heterocycles. The summed E-state index contributed by atoms with van der Waals surface area (Å²) in [6.07, 6.45) is 1.93. The van der Waals surface area contributed by atoms with Crippen LogP contribution in [0, 0.1) is 0 Å². The first-order valence-electron chi connectivity index (χ1n) is 8.67. The number of esters is 1. The maximum Gasteiger partial charge on any atom is 0.303 e. The van der Waals surface area contributed by atoms with Crippen molar-refractivity contribution in [1.82, 2.24) is 4.90 Å². The van der Waals surface area contributed by atoms with Crippen LogP contribution < -0.4 is 9.47 Å². The van der Waals surface area contributed by atoms with Crippen LogP contribution >= 0.6 is 0 Å². The van der Waals surface area contributed by atoms with E-state index in [9.17, 15) is 9.59 Å². The number of hydrogen-bond donors (Lipinski definition) is 0. The fraction of sp³-hybridized carbons (Fsp3) is 0.474. The lowest BCUT2D eigenvalue weighted by molar-refractivity contribution is -0.150. The minimum Gasteiger partial charge on any atom is -0.454 e. The molecule has 3 aliphatic heterocycles. The zero-order chi connectivity index (χ0) is 17.6. The third kappa shape index (κ3) is 2.75. The Kier molecular flexibility index (Phi) is 3.90. The van der Waals surface area contributed by atoms with Crippen LogP contribution in [0.5, 0.6) is 11.5 Å². The lowest BCUT2D eigenvalue weighted by Crippen LogP contribution is -2.27. The van der Waals surface area contributed by atoms with Crippen molar-refractivity contribution in [2.75, 3.05) is 19.9 Å². The minimum atomic E-state index is -0.807. The van der Waals surface area contributed by atoms with Crippen LogP contribution in [0.15, 0.2) is 17.8 Å². The molecule has 1 aromatic carbocycles. The second-order valence-corrected chi connectivity index (χ2v) is 6.64. The van der Waals surface area contributed by atoms with Gasteiger partial charge in [-0.3, -0.25) is 9.59 Å². The van der Waals surface area contributed by atoms with Gasteiger partial charge in [-0.05, 0) is 49.4 Å². The molecule has 0 radical (unpaired) electrons. The SMILES string of the molecule is CC(=O)OC(C)C(=O)C1=C2CCCN2CCc2cc3c(cc21)OCO3. The Morgan fingerprint density at radius 1 is 1.16 bits per heavy atom. The largest absolute Gasteiger partial charge is 0.454 e. The Morgan fingerprint density at radius 2 is 1.92 bits per heavy atom. The Balaban J connectivity index is 1.83. The summed E-state index contributed by atoms with van der Waals surface area (Å²) >= 11 is 0. The number of fused-ring (bicyclic) bond motifs is 3. The molecule has 1 aromatic rings. The van der Waals surface area contributed by atoms with E-state index in [4.69, 9.17) is 14.2 Å². The molecule has 1 fully saturated rings. The summed E-state index contributed by atoms with van der Waals surface area (Å²) in [5.74, 6) is 0.787. The van der Waals surface area contributed by atoms with Crippen LogP contribution in [-0.2, 0) is 20.7 Å². The van der Waals surface area contributed by atoms with Gasteiger partial charge in [0.2, 0.25) is 12.6 Å². The van der Waals surface area contributed by atoms with Gasteiger partial charge in [-0.25, -0.2) is 0 Å². The highest BCUT2D eigenvalue weighted by Crippen LogP contribution is 2.42. The first kappa shape index (κ1) is 16.0. The van der Waals surface area contributed by atoms with Crippen LogP contribution in [0.2, 0.25) is 0 Å². The standard InChI is InChI=1S/C19H21NO5/c1-11(25-12(2)21)19(22)18-14-9-17-16(23-10-24-17)8-13(14)5-7-20-6-3-4-15(18)20/h8-9,11H,3-7,10H2,1-2H3. The van der Waals surface area contributed by atoms with Gasteiger partial charge in [0.05, 0.1) is 0 Å². The predicted octanol–water partition coefficient (Wildman–Crippen LogP) is 2.30. The molecule has 6 nitrogen and oxygen atoms in total. The summed E-state index contributed by atoms with van der Waals surface area (Å²) < 4.78 is 16.2. The Labute approximate surface area is 146 Å². The summed E-state index contributed by atoms with van der Waals surface area (Å²) in [5, 5.41) is 0. The zero-order valence-corrected chi connectivity index (χ0v) is 14.5. The van der Waals surface area contributed by atoms with Gasteiger partial charge in [-0.15, -0.1) is 0 Å². The maximum atomic E-state index is 13.2. The molecule has 3 aliphatic rings. The van der Waals surface area contributed by atoms with E-state index in [2.05, 4.69) is 4.90 Å². The molecule has 0 bridgehead atoms. The quantitative estimate of drug-likeness (QED) is 0.785. The molecular weight excluding hydrogens is 322 g/mol. The predicted molar refractivity (Wildman–Crippen MR) is 90.2 cm³/mol. The van der Waals surface area contributed by atoms with Gasteiger partial charge < -0.3 is 19.1 Å². The molecule has 0 saturated carbocycles. The molecule has 0 aliphatic carbocycles. The summed E-state index contributed by atoms with van der Waals surface area (Å²) in [5.41, 5.74) is 3.68. The number of benzene rings is 1. The summed E-state index contributed by atoms with van der Waals surface area (Å²) in [6, 6.07) is 3.88. The third-order valence-corrected chi connectivity index (χ3v) is 4.99. The molecule has 132 valence electrons. The second-order valence-electron chi connectivity index (χ2n) is 6.64. The lowest BCUT2D eigenvalue weighted by atomic mass is 9.91. The number of hydrogen-bond acceptors (Lipinski definition) is 6. The topological polar surface area (TPSA) is 65.1 Å². The fourth-order valence-electron chi connectivity index (χ4n) is 3.88. The summed E-state index contributed by atoms with van der Waals surface area (Å²) in [6.45, 7) is 4.99. The molecular formula is C19H21NO5. The maximum absolute atomic E-state index is 13.2. The van der Waals surface area contributed by atoms with Gasteiger partial charge in [0, 0.05) is 31.3 Å². The van der Waals surface area contributed by atoms with E-state index < -0.39 is 12.1 Å². The van der Waals surface area contributed by atoms with Crippen molar-refractivity contribution in [1.29, 1.82) is 0 Å². The van der Waals surface area contributed by atoms with E-state index in [0.29, 0.717) is 11.3 Å². The third-order valence-electron chi connectivity index (χ3n) is 4.99. The lowest BCUT2D eigenvalue weighted by Gasteiger charge is -2.21. The van der Waals surface area contributed by atoms with Gasteiger partial charge in [-0.2, -0.15) is 0 Å². The molecule has 1 atom stereocenters. The number of nitrogens with zero attached hydrogens (tertiary/aromatic N) is 1. The molecule has 0 spiro atoms. The van der Waals surface area contributed by atoms with Crippen LogP contribution in [-0.4, -0.2) is 42.6 Å².